The Hall–Kier alpha value is -2.44. The van der Waals surface area contributed by atoms with Crippen LogP contribution in [0.5, 0.6) is 23.0 Å². The first-order valence-corrected chi connectivity index (χ1v) is 11.0. The van der Waals surface area contributed by atoms with Crippen LogP contribution in [0.15, 0.2) is 24.5 Å². The molecule has 9 heteroatoms. The fourth-order valence-corrected chi connectivity index (χ4v) is 4.03. The molecule has 1 atom stereocenters. The highest BCUT2D eigenvalue weighted by Gasteiger charge is 2.33. The second-order valence-electron chi connectivity index (χ2n) is 7.19. The van der Waals surface area contributed by atoms with Gasteiger partial charge in [-0.05, 0) is 24.0 Å². The van der Waals surface area contributed by atoms with Gasteiger partial charge in [0.2, 0.25) is 5.75 Å². The second kappa shape index (κ2) is 9.37. The first kappa shape index (κ1) is 22.8. The average Bonchev–Trinajstić information content (AvgIpc) is 2.66. The maximum absolute atomic E-state index is 12.9. The molecule has 2 aromatic rings. The summed E-state index contributed by atoms with van der Waals surface area (Å²) in [5.74, 6) is 0.0605. The molecule has 1 heterocycles. The quantitative estimate of drug-likeness (QED) is 0.498. The largest absolute Gasteiger partial charge is 0.502 e. The molecule has 0 radical (unpaired) electrons. The monoisotopic (exact) mass is 424 g/mol. The van der Waals surface area contributed by atoms with Crippen molar-refractivity contribution in [2.45, 2.75) is 39.5 Å². The van der Waals surface area contributed by atoms with Crippen molar-refractivity contribution in [1.82, 2.24) is 4.98 Å². The molecule has 0 fully saturated rings. The molecule has 160 valence electrons. The lowest BCUT2D eigenvalue weighted by molar-refractivity contribution is 0.323. The number of anilines is 1. The van der Waals surface area contributed by atoms with Crippen LogP contribution in [0.2, 0.25) is 0 Å². The van der Waals surface area contributed by atoms with E-state index in [0.717, 1.165) is 0 Å². The minimum Gasteiger partial charge on any atom is -0.502 e. The molecule has 29 heavy (non-hydrogen) atoms. The second-order valence-corrected chi connectivity index (χ2v) is 8.96. The summed E-state index contributed by atoms with van der Waals surface area (Å²) in [5.41, 5.74) is 1.61. The molecule has 8 nitrogen and oxygen atoms in total. The standard InChI is InChI=1S/C20H29N2O6P/c1-12(2)15-18(16(13(3)4)20(27-6)17(23)19(15)26-5)28-29(24,25)11-22-14-8-7-9-21-10-14/h7-10,12-13,22-23H,11H2,1-6H3,(H,24,25). The Balaban J connectivity index is 2.55. The van der Waals surface area contributed by atoms with Gasteiger partial charge in [0.05, 0.1) is 19.9 Å². The summed E-state index contributed by atoms with van der Waals surface area (Å²) in [5, 5.41) is 13.5. The SMILES string of the molecule is COc1c(O)c(OC)c(C(C)C)c(OP(=O)(O)CNc2cccnc2)c1C(C)C. The van der Waals surface area contributed by atoms with E-state index in [2.05, 4.69) is 10.3 Å². The van der Waals surface area contributed by atoms with Gasteiger partial charge < -0.3 is 29.3 Å². The lowest BCUT2D eigenvalue weighted by Crippen LogP contribution is -2.11. The van der Waals surface area contributed by atoms with Gasteiger partial charge >= 0.3 is 7.60 Å². The highest BCUT2D eigenvalue weighted by atomic mass is 31.2. The zero-order chi connectivity index (χ0) is 21.8. The Morgan fingerprint density at radius 3 is 2.03 bits per heavy atom. The zero-order valence-electron chi connectivity index (χ0n) is 17.6. The van der Waals surface area contributed by atoms with E-state index >= 15 is 0 Å². The summed E-state index contributed by atoms with van der Waals surface area (Å²) in [4.78, 5) is 14.5. The molecular weight excluding hydrogens is 395 g/mol. The Morgan fingerprint density at radius 1 is 1.07 bits per heavy atom. The van der Waals surface area contributed by atoms with Crippen LogP contribution in [-0.4, -0.2) is 35.5 Å². The number of nitrogens with zero attached hydrogens (tertiary/aromatic N) is 1. The number of phenolic OH excluding ortho intramolecular Hbond substituents is 1. The summed E-state index contributed by atoms with van der Waals surface area (Å²) in [6, 6.07) is 3.45. The highest BCUT2D eigenvalue weighted by Crippen LogP contribution is 2.56. The highest BCUT2D eigenvalue weighted by molar-refractivity contribution is 7.53. The van der Waals surface area contributed by atoms with E-state index in [0.29, 0.717) is 16.8 Å². The van der Waals surface area contributed by atoms with Gasteiger partial charge in [-0.1, -0.05) is 27.7 Å². The van der Waals surface area contributed by atoms with Gasteiger partial charge in [0, 0.05) is 23.5 Å². The molecule has 1 aromatic heterocycles. The lowest BCUT2D eigenvalue weighted by atomic mass is 9.91. The van der Waals surface area contributed by atoms with Gasteiger partial charge in [-0.25, -0.2) is 4.57 Å². The van der Waals surface area contributed by atoms with E-state index in [1.54, 1.807) is 24.5 Å². The molecule has 0 bridgehead atoms. The van der Waals surface area contributed by atoms with Gasteiger partial charge in [0.15, 0.2) is 11.5 Å². The predicted molar refractivity (Wildman–Crippen MR) is 113 cm³/mol. The van der Waals surface area contributed by atoms with Gasteiger partial charge in [-0.15, -0.1) is 0 Å². The third-order valence-electron chi connectivity index (χ3n) is 4.35. The normalized spacial score (nSPS) is 13.3. The van der Waals surface area contributed by atoms with Crippen LogP contribution in [0.3, 0.4) is 0 Å². The van der Waals surface area contributed by atoms with E-state index in [1.165, 1.54) is 14.2 Å². The minimum atomic E-state index is -4.12. The number of nitrogens with one attached hydrogen (secondary N) is 1. The number of phenols is 1. The topological polar surface area (TPSA) is 110 Å². The fourth-order valence-electron chi connectivity index (χ4n) is 3.10. The molecule has 0 saturated heterocycles. The zero-order valence-corrected chi connectivity index (χ0v) is 18.5. The molecule has 0 aliphatic carbocycles. The number of aromatic nitrogens is 1. The smallest absolute Gasteiger partial charge is 0.395 e. The van der Waals surface area contributed by atoms with Crippen LogP contribution in [0.4, 0.5) is 5.69 Å². The maximum Gasteiger partial charge on any atom is 0.395 e. The Bertz CT molecular complexity index is 849. The fraction of sp³-hybridized carbons (Fsp3) is 0.450. The average molecular weight is 424 g/mol. The summed E-state index contributed by atoms with van der Waals surface area (Å²) < 4.78 is 29.4. The molecule has 0 aliphatic heterocycles. The van der Waals surface area contributed by atoms with Crippen LogP contribution in [0.25, 0.3) is 0 Å². The van der Waals surface area contributed by atoms with E-state index in [4.69, 9.17) is 14.0 Å². The van der Waals surface area contributed by atoms with E-state index < -0.39 is 7.60 Å². The molecule has 0 aliphatic rings. The molecule has 3 N–H and O–H groups in total. The third kappa shape index (κ3) is 5.14. The summed E-state index contributed by atoms with van der Waals surface area (Å²) in [6.45, 7) is 7.54. The number of aromatic hydroxyl groups is 1. The first-order valence-electron chi connectivity index (χ1n) is 9.28. The van der Waals surface area contributed by atoms with Crippen molar-refractivity contribution in [2.24, 2.45) is 0 Å². The molecular formula is C20H29N2O6P. The van der Waals surface area contributed by atoms with Crippen molar-refractivity contribution in [3.8, 4) is 23.0 Å². The van der Waals surface area contributed by atoms with Crippen molar-refractivity contribution in [3.05, 3.63) is 35.7 Å². The summed E-state index contributed by atoms with van der Waals surface area (Å²) >= 11 is 0. The Morgan fingerprint density at radius 2 is 1.62 bits per heavy atom. The molecule has 0 amide bonds. The minimum absolute atomic E-state index is 0.152. The van der Waals surface area contributed by atoms with Crippen molar-refractivity contribution >= 4 is 13.3 Å². The molecule has 0 saturated carbocycles. The van der Waals surface area contributed by atoms with Crippen LogP contribution >= 0.6 is 7.60 Å². The number of hydrogen-bond acceptors (Lipinski definition) is 7. The van der Waals surface area contributed by atoms with Crippen LogP contribution < -0.4 is 19.3 Å². The maximum atomic E-state index is 12.9. The molecule has 1 unspecified atom stereocenters. The Labute approximate surface area is 171 Å². The summed E-state index contributed by atoms with van der Waals surface area (Å²) in [6.07, 6.45) is 2.84. The van der Waals surface area contributed by atoms with Crippen molar-refractivity contribution in [3.63, 3.8) is 0 Å². The number of ether oxygens (including phenoxy) is 2. The summed E-state index contributed by atoms with van der Waals surface area (Å²) in [7, 11) is -1.28. The van der Waals surface area contributed by atoms with E-state index in [9.17, 15) is 14.6 Å². The van der Waals surface area contributed by atoms with Crippen LogP contribution in [0.1, 0.15) is 50.7 Å². The van der Waals surface area contributed by atoms with Crippen LogP contribution in [-0.2, 0) is 4.57 Å². The molecule has 1 aromatic carbocycles. The number of rotatable bonds is 9. The van der Waals surface area contributed by atoms with Gasteiger partial charge in [-0.3, -0.25) is 4.98 Å². The molecule has 2 rings (SSSR count). The first-order chi connectivity index (χ1) is 13.6. The number of hydrogen-bond donors (Lipinski definition) is 3. The number of benzene rings is 1. The molecule has 0 spiro atoms. The third-order valence-corrected chi connectivity index (χ3v) is 5.38. The van der Waals surface area contributed by atoms with Gasteiger partial charge in [0.1, 0.15) is 12.0 Å². The van der Waals surface area contributed by atoms with E-state index in [1.807, 2.05) is 27.7 Å². The van der Waals surface area contributed by atoms with Crippen molar-refractivity contribution in [1.29, 1.82) is 0 Å². The lowest BCUT2D eigenvalue weighted by Gasteiger charge is -2.27. The van der Waals surface area contributed by atoms with Crippen LogP contribution in [0, 0.1) is 0 Å². The van der Waals surface area contributed by atoms with Gasteiger partial charge in [-0.2, -0.15) is 0 Å². The predicted octanol–water partition coefficient (Wildman–Crippen LogP) is 4.69. The number of methoxy groups -OCH3 is 2. The number of pyridine rings is 1. The Kier molecular flexibility index (Phi) is 7.38. The van der Waals surface area contributed by atoms with Crippen molar-refractivity contribution in [2.75, 3.05) is 25.8 Å². The van der Waals surface area contributed by atoms with Gasteiger partial charge in [0.25, 0.3) is 0 Å². The van der Waals surface area contributed by atoms with E-state index in [-0.39, 0.29) is 41.1 Å². The van der Waals surface area contributed by atoms with Crippen molar-refractivity contribution < 1.29 is 28.6 Å².